The fourth-order valence-corrected chi connectivity index (χ4v) is 3.73. The summed E-state index contributed by atoms with van der Waals surface area (Å²) >= 11 is 8.29. The average Bonchev–Trinajstić information content (AvgIpc) is 2.89. The van der Waals surface area contributed by atoms with Gasteiger partial charge in [-0.15, -0.1) is 11.3 Å². The SMILES string of the molecule is CCC(C)N1C(=O)/C(=C\c2cccs2)SC1=S. The zero-order chi connectivity index (χ0) is 12.4. The minimum Gasteiger partial charge on any atom is -0.290 e. The number of hydrogen-bond acceptors (Lipinski definition) is 4. The van der Waals surface area contributed by atoms with Crippen LogP contribution in [0, 0.1) is 0 Å². The van der Waals surface area contributed by atoms with Crippen LogP contribution in [0.4, 0.5) is 0 Å². The number of rotatable bonds is 3. The zero-order valence-electron chi connectivity index (χ0n) is 9.67. The molecule has 0 aromatic carbocycles. The van der Waals surface area contributed by atoms with Gasteiger partial charge in [0.15, 0.2) is 0 Å². The van der Waals surface area contributed by atoms with E-state index in [1.165, 1.54) is 11.8 Å². The lowest BCUT2D eigenvalue weighted by Gasteiger charge is -2.21. The molecule has 2 heterocycles. The Morgan fingerprint density at radius 3 is 2.94 bits per heavy atom. The van der Waals surface area contributed by atoms with Gasteiger partial charge in [-0.3, -0.25) is 9.69 Å². The summed E-state index contributed by atoms with van der Waals surface area (Å²) in [5.74, 6) is 0.0442. The van der Waals surface area contributed by atoms with Crippen molar-refractivity contribution in [2.75, 3.05) is 0 Å². The minimum atomic E-state index is 0.0442. The largest absolute Gasteiger partial charge is 0.290 e. The van der Waals surface area contributed by atoms with Gasteiger partial charge < -0.3 is 0 Å². The Morgan fingerprint density at radius 1 is 1.59 bits per heavy atom. The second kappa shape index (κ2) is 5.33. The lowest BCUT2D eigenvalue weighted by atomic mass is 10.2. The molecule has 1 fully saturated rings. The van der Waals surface area contributed by atoms with Crippen molar-refractivity contribution in [2.24, 2.45) is 0 Å². The molecule has 1 aliphatic heterocycles. The van der Waals surface area contributed by atoms with Gasteiger partial charge in [0.25, 0.3) is 5.91 Å². The molecule has 1 aromatic heterocycles. The van der Waals surface area contributed by atoms with E-state index in [0.29, 0.717) is 4.32 Å². The highest BCUT2D eigenvalue weighted by molar-refractivity contribution is 8.26. The number of amides is 1. The van der Waals surface area contributed by atoms with E-state index in [2.05, 4.69) is 6.92 Å². The van der Waals surface area contributed by atoms with Crippen LogP contribution in [0.3, 0.4) is 0 Å². The molecule has 2 nitrogen and oxygen atoms in total. The van der Waals surface area contributed by atoms with Crippen molar-refractivity contribution >= 4 is 51.6 Å². The summed E-state index contributed by atoms with van der Waals surface area (Å²) in [6.45, 7) is 4.09. The van der Waals surface area contributed by atoms with Crippen LogP contribution in [0.2, 0.25) is 0 Å². The van der Waals surface area contributed by atoms with Gasteiger partial charge in [-0.05, 0) is 30.9 Å². The van der Waals surface area contributed by atoms with E-state index in [4.69, 9.17) is 12.2 Å². The fourth-order valence-electron chi connectivity index (χ4n) is 1.55. The van der Waals surface area contributed by atoms with Crippen molar-refractivity contribution in [3.05, 3.63) is 27.3 Å². The zero-order valence-corrected chi connectivity index (χ0v) is 12.1. The third kappa shape index (κ3) is 2.61. The Balaban J connectivity index is 2.24. The molecule has 0 aliphatic carbocycles. The van der Waals surface area contributed by atoms with Gasteiger partial charge in [0.2, 0.25) is 0 Å². The van der Waals surface area contributed by atoms with Crippen LogP contribution in [0.25, 0.3) is 6.08 Å². The van der Waals surface area contributed by atoms with Gasteiger partial charge >= 0.3 is 0 Å². The third-order valence-electron chi connectivity index (χ3n) is 2.67. The minimum absolute atomic E-state index is 0.0442. The summed E-state index contributed by atoms with van der Waals surface area (Å²) in [6, 6.07) is 4.16. The molecule has 1 amide bonds. The highest BCUT2D eigenvalue weighted by atomic mass is 32.2. The molecule has 90 valence electrons. The molecule has 1 saturated heterocycles. The van der Waals surface area contributed by atoms with Crippen LogP contribution in [0.1, 0.15) is 25.1 Å². The first kappa shape index (κ1) is 12.8. The maximum absolute atomic E-state index is 12.2. The van der Waals surface area contributed by atoms with Gasteiger partial charge in [-0.2, -0.15) is 0 Å². The molecule has 1 atom stereocenters. The number of carbonyl (C=O) groups excluding carboxylic acids is 1. The van der Waals surface area contributed by atoms with Crippen molar-refractivity contribution in [3.8, 4) is 0 Å². The van der Waals surface area contributed by atoms with Crippen molar-refractivity contribution in [2.45, 2.75) is 26.3 Å². The Morgan fingerprint density at radius 2 is 2.35 bits per heavy atom. The van der Waals surface area contributed by atoms with Gasteiger partial charge in [0.05, 0.1) is 4.91 Å². The quantitative estimate of drug-likeness (QED) is 0.622. The normalized spacial score (nSPS) is 20.4. The van der Waals surface area contributed by atoms with E-state index in [0.717, 1.165) is 16.2 Å². The molecule has 2 rings (SSSR count). The van der Waals surface area contributed by atoms with E-state index in [1.807, 2.05) is 30.5 Å². The number of nitrogens with zero attached hydrogens (tertiary/aromatic N) is 1. The number of carbonyl (C=O) groups is 1. The molecule has 5 heteroatoms. The molecular formula is C12H13NOS3. The van der Waals surface area contributed by atoms with Crippen molar-refractivity contribution < 1.29 is 4.79 Å². The number of hydrogen-bond donors (Lipinski definition) is 0. The summed E-state index contributed by atoms with van der Waals surface area (Å²) < 4.78 is 0.673. The Bertz CT molecular complexity index is 464. The van der Waals surface area contributed by atoms with E-state index in [-0.39, 0.29) is 11.9 Å². The fraction of sp³-hybridized carbons (Fsp3) is 0.333. The van der Waals surface area contributed by atoms with E-state index in [1.54, 1.807) is 16.2 Å². The van der Waals surface area contributed by atoms with Crippen molar-refractivity contribution in [3.63, 3.8) is 0 Å². The molecular weight excluding hydrogens is 270 g/mol. The van der Waals surface area contributed by atoms with Crippen LogP contribution < -0.4 is 0 Å². The Hall–Kier alpha value is -0.650. The Labute approximate surface area is 115 Å². The van der Waals surface area contributed by atoms with Crippen LogP contribution >= 0.6 is 35.3 Å². The van der Waals surface area contributed by atoms with Crippen molar-refractivity contribution in [1.82, 2.24) is 4.90 Å². The summed E-state index contributed by atoms with van der Waals surface area (Å²) in [5, 5.41) is 2.00. The van der Waals surface area contributed by atoms with Crippen LogP contribution in [0.5, 0.6) is 0 Å². The molecule has 1 aliphatic rings. The summed E-state index contributed by atoms with van der Waals surface area (Å²) in [7, 11) is 0. The molecule has 1 unspecified atom stereocenters. The second-order valence-corrected chi connectivity index (χ2v) is 6.48. The van der Waals surface area contributed by atoms with E-state index in [9.17, 15) is 4.79 Å². The highest BCUT2D eigenvalue weighted by Gasteiger charge is 2.34. The molecule has 0 bridgehead atoms. The van der Waals surface area contributed by atoms with Gasteiger partial charge in [-0.25, -0.2) is 0 Å². The van der Waals surface area contributed by atoms with Crippen molar-refractivity contribution in [1.29, 1.82) is 0 Å². The molecule has 1 aromatic rings. The number of thioether (sulfide) groups is 1. The molecule has 0 N–H and O–H groups in total. The first-order valence-corrected chi connectivity index (χ1v) is 7.54. The summed E-state index contributed by atoms with van der Waals surface area (Å²) in [4.78, 5) is 15.7. The lowest BCUT2D eigenvalue weighted by Crippen LogP contribution is -2.36. The van der Waals surface area contributed by atoms with E-state index >= 15 is 0 Å². The average molecular weight is 283 g/mol. The maximum atomic E-state index is 12.2. The lowest BCUT2D eigenvalue weighted by molar-refractivity contribution is -0.123. The topological polar surface area (TPSA) is 20.3 Å². The standard InChI is InChI=1S/C12H13NOS3/c1-3-8(2)13-11(14)10(17-12(13)15)7-9-5-4-6-16-9/h4-8H,3H2,1-2H3/b10-7+. The second-order valence-electron chi connectivity index (χ2n) is 3.82. The summed E-state index contributed by atoms with van der Waals surface area (Å²) in [6.07, 6.45) is 2.84. The smallest absolute Gasteiger partial charge is 0.266 e. The maximum Gasteiger partial charge on any atom is 0.266 e. The monoisotopic (exact) mass is 283 g/mol. The number of thiophene rings is 1. The van der Waals surface area contributed by atoms with Gasteiger partial charge in [0, 0.05) is 10.9 Å². The van der Waals surface area contributed by atoms with E-state index < -0.39 is 0 Å². The van der Waals surface area contributed by atoms with Gasteiger partial charge in [-0.1, -0.05) is 37.0 Å². The molecule has 0 radical (unpaired) electrons. The first-order valence-electron chi connectivity index (χ1n) is 5.44. The first-order chi connectivity index (χ1) is 8.13. The summed E-state index contributed by atoms with van der Waals surface area (Å²) in [5.41, 5.74) is 0. The predicted molar refractivity (Wildman–Crippen MR) is 79.1 cm³/mol. The van der Waals surface area contributed by atoms with Crippen LogP contribution in [-0.2, 0) is 4.79 Å². The Kier molecular flexibility index (Phi) is 4.01. The van der Waals surface area contributed by atoms with Crippen LogP contribution in [0.15, 0.2) is 22.4 Å². The predicted octanol–water partition coefficient (Wildman–Crippen LogP) is 3.75. The molecule has 17 heavy (non-hydrogen) atoms. The third-order valence-corrected chi connectivity index (χ3v) is 4.82. The number of thiocarbonyl (C=S) groups is 1. The van der Waals surface area contributed by atoms with Crippen LogP contribution in [-0.4, -0.2) is 21.2 Å². The highest BCUT2D eigenvalue weighted by Crippen LogP contribution is 2.34. The molecule has 0 spiro atoms. The molecule has 0 saturated carbocycles. The van der Waals surface area contributed by atoms with Gasteiger partial charge in [0.1, 0.15) is 4.32 Å².